The lowest BCUT2D eigenvalue weighted by Crippen LogP contribution is -2.28. The highest BCUT2D eigenvalue weighted by atomic mass is 16.2. The van der Waals surface area contributed by atoms with Gasteiger partial charge in [-0.1, -0.05) is 6.07 Å². The van der Waals surface area contributed by atoms with Crippen LogP contribution in [-0.4, -0.2) is 18.5 Å². The Kier molecular flexibility index (Phi) is 4.04. The second-order valence-electron chi connectivity index (χ2n) is 4.78. The van der Waals surface area contributed by atoms with Crippen molar-refractivity contribution in [3.8, 4) is 0 Å². The maximum absolute atomic E-state index is 11.7. The van der Waals surface area contributed by atoms with Gasteiger partial charge in [-0.2, -0.15) is 0 Å². The Labute approximate surface area is 112 Å². The van der Waals surface area contributed by atoms with Crippen molar-refractivity contribution in [2.24, 2.45) is 5.92 Å². The number of benzene rings is 1. The van der Waals surface area contributed by atoms with Crippen molar-refractivity contribution < 1.29 is 9.59 Å². The van der Waals surface area contributed by atoms with Gasteiger partial charge in [-0.3, -0.25) is 4.79 Å². The third kappa shape index (κ3) is 3.71. The molecule has 1 aromatic rings. The van der Waals surface area contributed by atoms with Crippen LogP contribution in [0.1, 0.15) is 25.3 Å². The van der Waals surface area contributed by atoms with E-state index in [4.69, 9.17) is 0 Å². The van der Waals surface area contributed by atoms with Crippen LogP contribution in [0.3, 0.4) is 0 Å². The van der Waals surface area contributed by atoms with Crippen LogP contribution in [0.5, 0.6) is 0 Å². The molecule has 0 heterocycles. The lowest BCUT2D eigenvalue weighted by Gasteiger charge is -2.11. The summed E-state index contributed by atoms with van der Waals surface area (Å²) < 4.78 is 0. The van der Waals surface area contributed by atoms with E-state index in [0.29, 0.717) is 17.9 Å². The number of rotatable bonds is 4. The molecule has 1 fully saturated rings. The molecule has 3 amide bonds. The van der Waals surface area contributed by atoms with Crippen molar-refractivity contribution in [1.82, 2.24) is 5.32 Å². The van der Waals surface area contributed by atoms with E-state index in [9.17, 15) is 9.59 Å². The Morgan fingerprint density at radius 2 is 2.00 bits per heavy atom. The highest BCUT2D eigenvalue weighted by Gasteiger charge is 2.29. The van der Waals surface area contributed by atoms with Crippen LogP contribution in [-0.2, 0) is 4.79 Å². The van der Waals surface area contributed by atoms with Gasteiger partial charge in [-0.15, -0.1) is 0 Å². The van der Waals surface area contributed by atoms with E-state index in [-0.39, 0.29) is 17.9 Å². The summed E-state index contributed by atoms with van der Waals surface area (Å²) in [6, 6.07) is 5.27. The topological polar surface area (TPSA) is 70.2 Å². The number of hydrogen-bond acceptors (Lipinski definition) is 2. The fourth-order valence-corrected chi connectivity index (χ4v) is 1.75. The number of carbonyl (C=O) groups is 2. The number of hydrogen-bond donors (Lipinski definition) is 3. The highest BCUT2D eigenvalue weighted by molar-refractivity contribution is 5.96. The van der Waals surface area contributed by atoms with Crippen LogP contribution in [0.15, 0.2) is 18.2 Å². The van der Waals surface area contributed by atoms with Gasteiger partial charge in [-0.05, 0) is 44.4 Å². The van der Waals surface area contributed by atoms with Crippen molar-refractivity contribution in [2.75, 3.05) is 17.2 Å². The van der Waals surface area contributed by atoms with Gasteiger partial charge in [0.1, 0.15) is 0 Å². The summed E-state index contributed by atoms with van der Waals surface area (Å²) in [7, 11) is 0. The van der Waals surface area contributed by atoms with Gasteiger partial charge >= 0.3 is 6.03 Å². The SMILES string of the molecule is CCNC(=O)Nc1cc(NC(=O)C2CC2)ccc1C. The molecule has 19 heavy (non-hydrogen) atoms. The zero-order valence-corrected chi connectivity index (χ0v) is 11.2. The molecular weight excluding hydrogens is 242 g/mol. The van der Waals surface area contributed by atoms with Crippen LogP contribution in [0.25, 0.3) is 0 Å². The molecule has 5 nitrogen and oxygen atoms in total. The van der Waals surface area contributed by atoms with Crippen LogP contribution >= 0.6 is 0 Å². The largest absolute Gasteiger partial charge is 0.338 e. The molecule has 0 spiro atoms. The van der Waals surface area contributed by atoms with Crippen molar-refractivity contribution in [3.63, 3.8) is 0 Å². The smallest absolute Gasteiger partial charge is 0.319 e. The Morgan fingerprint density at radius 3 is 2.63 bits per heavy atom. The van der Waals surface area contributed by atoms with E-state index >= 15 is 0 Å². The lowest BCUT2D eigenvalue weighted by molar-refractivity contribution is -0.117. The number of carbonyl (C=O) groups excluding carboxylic acids is 2. The Balaban J connectivity index is 2.05. The van der Waals surface area contributed by atoms with Gasteiger partial charge in [0.05, 0.1) is 0 Å². The van der Waals surface area contributed by atoms with E-state index in [2.05, 4.69) is 16.0 Å². The molecule has 102 valence electrons. The van der Waals surface area contributed by atoms with Crippen molar-refractivity contribution >= 4 is 23.3 Å². The zero-order chi connectivity index (χ0) is 13.8. The minimum Gasteiger partial charge on any atom is -0.338 e. The molecule has 0 aromatic heterocycles. The summed E-state index contributed by atoms with van der Waals surface area (Å²) in [6.45, 7) is 4.34. The number of urea groups is 1. The minimum absolute atomic E-state index is 0.0628. The summed E-state index contributed by atoms with van der Waals surface area (Å²) in [6.07, 6.45) is 1.95. The molecule has 0 atom stereocenters. The Bertz CT molecular complexity index is 495. The molecule has 5 heteroatoms. The first-order chi connectivity index (χ1) is 9.10. The standard InChI is InChI=1S/C14H19N3O2/c1-3-15-14(19)17-12-8-11(7-4-9(12)2)16-13(18)10-5-6-10/h4,7-8,10H,3,5-6H2,1-2H3,(H,16,18)(H2,15,17,19). The van der Waals surface area contributed by atoms with Gasteiger partial charge in [-0.25, -0.2) is 4.79 Å². The lowest BCUT2D eigenvalue weighted by atomic mass is 10.1. The van der Waals surface area contributed by atoms with Crippen LogP contribution in [0.2, 0.25) is 0 Å². The second kappa shape index (κ2) is 5.73. The van der Waals surface area contributed by atoms with E-state index in [0.717, 1.165) is 18.4 Å². The van der Waals surface area contributed by atoms with E-state index in [1.165, 1.54) is 0 Å². The first-order valence-corrected chi connectivity index (χ1v) is 6.56. The van der Waals surface area contributed by atoms with Crippen molar-refractivity contribution in [1.29, 1.82) is 0 Å². The highest BCUT2D eigenvalue weighted by Crippen LogP contribution is 2.30. The first kappa shape index (κ1) is 13.4. The first-order valence-electron chi connectivity index (χ1n) is 6.56. The molecule has 0 bridgehead atoms. The molecule has 0 radical (unpaired) electrons. The van der Waals surface area contributed by atoms with Crippen LogP contribution < -0.4 is 16.0 Å². The molecule has 1 aromatic carbocycles. The van der Waals surface area contributed by atoms with Gasteiger partial charge < -0.3 is 16.0 Å². The average Bonchev–Trinajstić information content (AvgIpc) is 3.17. The predicted molar refractivity (Wildman–Crippen MR) is 75.2 cm³/mol. The molecule has 0 saturated heterocycles. The Hall–Kier alpha value is -2.04. The summed E-state index contributed by atoms with van der Waals surface area (Å²) in [5.74, 6) is 0.230. The summed E-state index contributed by atoms with van der Waals surface area (Å²) in [5.41, 5.74) is 2.38. The number of nitrogens with one attached hydrogen (secondary N) is 3. The fraction of sp³-hybridized carbons (Fsp3) is 0.429. The van der Waals surface area contributed by atoms with Crippen LogP contribution in [0, 0.1) is 12.8 Å². The molecular formula is C14H19N3O2. The second-order valence-corrected chi connectivity index (χ2v) is 4.78. The fourth-order valence-electron chi connectivity index (χ4n) is 1.75. The molecule has 2 rings (SSSR count). The van der Waals surface area contributed by atoms with Crippen LogP contribution in [0.4, 0.5) is 16.2 Å². The van der Waals surface area contributed by atoms with E-state index < -0.39 is 0 Å². The summed E-state index contributed by atoms with van der Waals surface area (Å²) in [5, 5.41) is 8.31. The van der Waals surface area contributed by atoms with E-state index in [1.807, 2.05) is 26.0 Å². The Morgan fingerprint density at radius 1 is 1.26 bits per heavy atom. The average molecular weight is 261 g/mol. The third-order valence-corrected chi connectivity index (χ3v) is 3.04. The summed E-state index contributed by atoms with van der Waals surface area (Å²) >= 11 is 0. The van der Waals surface area contributed by atoms with E-state index in [1.54, 1.807) is 6.07 Å². The van der Waals surface area contributed by atoms with Gasteiger partial charge in [0.2, 0.25) is 5.91 Å². The molecule has 1 saturated carbocycles. The number of anilines is 2. The predicted octanol–water partition coefficient (Wildman–Crippen LogP) is 2.48. The van der Waals surface area contributed by atoms with Crippen molar-refractivity contribution in [3.05, 3.63) is 23.8 Å². The van der Waals surface area contributed by atoms with Gasteiger partial charge in [0.25, 0.3) is 0 Å². The maximum Gasteiger partial charge on any atom is 0.319 e. The molecule has 3 N–H and O–H groups in total. The molecule has 0 unspecified atom stereocenters. The number of aryl methyl sites for hydroxylation is 1. The van der Waals surface area contributed by atoms with Gasteiger partial charge in [0, 0.05) is 23.8 Å². The monoisotopic (exact) mass is 261 g/mol. The molecule has 1 aliphatic carbocycles. The van der Waals surface area contributed by atoms with Gasteiger partial charge in [0.15, 0.2) is 0 Å². The normalized spacial score (nSPS) is 13.8. The molecule has 0 aliphatic heterocycles. The zero-order valence-electron chi connectivity index (χ0n) is 11.2. The third-order valence-electron chi connectivity index (χ3n) is 3.04. The maximum atomic E-state index is 11.7. The summed E-state index contributed by atoms with van der Waals surface area (Å²) in [4.78, 5) is 23.2. The minimum atomic E-state index is -0.240. The van der Waals surface area contributed by atoms with Crippen molar-refractivity contribution in [2.45, 2.75) is 26.7 Å². The molecule has 1 aliphatic rings. The quantitative estimate of drug-likeness (QED) is 0.779. The number of amides is 3.